The zero-order valence-electron chi connectivity index (χ0n) is 11.5. The topological polar surface area (TPSA) is 20.3 Å². The number of hydrogen-bond donors (Lipinski definition) is 0. The quantitative estimate of drug-likeness (QED) is 0.583. The van der Waals surface area contributed by atoms with Gasteiger partial charge in [0.05, 0.1) is 0 Å². The van der Waals surface area contributed by atoms with E-state index in [2.05, 4.69) is 11.8 Å². The van der Waals surface area contributed by atoms with Crippen LogP contribution >= 0.6 is 0 Å². The number of carbonyl (C=O) groups excluding carboxylic acids is 1. The Balaban J connectivity index is 1.92. The average molecular weight is 239 g/mol. The second kappa shape index (κ2) is 9.49. The fraction of sp³-hybridized carbons (Fsp3) is 0.933. The average Bonchev–Trinajstić information content (AvgIpc) is 2.38. The van der Waals surface area contributed by atoms with E-state index in [-0.39, 0.29) is 0 Å². The molecule has 0 aromatic carbocycles. The van der Waals surface area contributed by atoms with Crippen molar-refractivity contribution in [3.8, 4) is 0 Å². The molecule has 0 spiro atoms. The first kappa shape index (κ1) is 14.5. The molecular formula is C15H29NO. The minimum atomic E-state index is 0.401. The summed E-state index contributed by atoms with van der Waals surface area (Å²) in [5.74, 6) is 0.401. The number of rotatable bonds is 8. The predicted octanol–water partition coefficient (Wildman–Crippen LogP) is 4.14. The van der Waals surface area contributed by atoms with Crippen molar-refractivity contribution in [3.05, 3.63) is 0 Å². The lowest BCUT2D eigenvalue weighted by Gasteiger charge is -2.26. The molecule has 100 valence electrons. The molecule has 1 aliphatic heterocycles. The van der Waals surface area contributed by atoms with Crippen LogP contribution in [0.15, 0.2) is 0 Å². The highest BCUT2D eigenvalue weighted by molar-refractivity contribution is 5.76. The molecule has 0 unspecified atom stereocenters. The zero-order chi connectivity index (χ0) is 12.3. The third-order valence-corrected chi connectivity index (χ3v) is 3.70. The molecule has 0 N–H and O–H groups in total. The number of carbonyl (C=O) groups is 1. The molecule has 0 aromatic rings. The summed E-state index contributed by atoms with van der Waals surface area (Å²) in [5.41, 5.74) is 0. The lowest BCUT2D eigenvalue weighted by molar-refractivity contribution is -0.132. The van der Waals surface area contributed by atoms with Crippen LogP contribution in [0.5, 0.6) is 0 Å². The van der Waals surface area contributed by atoms with Gasteiger partial charge in [-0.2, -0.15) is 0 Å². The molecule has 0 bridgehead atoms. The summed E-state index contributed by atoms with van der Waals surface area (Å²) >= 11 is 0. The van der Waals surface area contributed by atoms with Crippen LogP contribution in [0.1, 0.15) is 77.6 Å². The molecule has 1 rings (SSSR count). The molecule has 0 aliphatic carbocycles. The van der Waals surface area contributed by atoms with Crippen LogP contribution in [0.3, 0.4) is 0 Å². The van der Waals surface area contributed by atoms with Crippen molar-refractivity contribution in [2.24, 2.45) is 0 Å². The van der Waals surface area contributed by atoms with Crippen molar-refractivity contribution < 1.29 is 4.79 Å². The molecule has 1 heterocycles. The standard InChI is InChI=1S/C15H29NO/c1-2-3-4-5-6-7-9-12-15(17)16-13-10-8-11-14-16/h2-14H2,1H3. The molecule has 0 aromatic heterocycles. The van der Waals surface area contributed by atoms with Crippen molar-refractivity contribution in [3.63, 3.8) is 0 Å². The van der Waals surface area contributed by atoms with Crippen LogP contribution in [0.2, 0.25) is 0 Å². The van der Waals surface area contributed by atoms with Gasteiger partial charge in [-0.25, -0.2) is 0 Å². The van der Waals surface area contributed by atoms with E-state index in [1.807, 2.05) is 0 Å². The monoisotopic (exact) mass is 239 g/mol. The minimum Gasteiger partial charge on any atom is -0.343 e. The van der Waals surface area contributed by atoms with Crippen LogP contribution < -0.4 is 0 Å². The van der Waals surface area contributed by atoms with Crippen molar-refractivity contribution in [2.75, 3.05) is 13.1 Å². The van der Waals surface area contributed by atoms with E-state index >= 15 is 0 Å². The number of amides is 1. The van der Waals surface area contributed by atoms with E-state index in [1.54, 1.807) is 0 Å². The Morgan fingerprint density at radius 2 is 1.47 bits per heavy atom. The van der Waals surface area contributed by atoms with Gasteiger partial charge in [0.1, 0.15) is 0 Å². The molecule has 0 radical (unpaired) electrons. The third kappa shape index (κ3) is 6.70. The second-order valence-corrected chi connectivity index (χ2v) is 5.31. The van der Waals surface area contributed by atoms with Crippen LogP contribution in [-0.2, 0) is 4.79 Å². The number of likely N-dealkylation sites (tertiary alicyclic amines) is 1. The highest BCUT2D eigenvalue weighted by atomic mass is 16.2. The molecule has 1 amide bonds. The van der Waals surface area contributed by atoms with Gasteiger partial charge in [-0.15, -0.1) is 0 Å². The maximum atomic E-state index is 11.9. The Labute approximate surface area is 107 Å². The van der Waals surface area contributed by atoms with Gasteiger partial charge in [-0.05, 0) is 25.7 Å². The number of unbranched alkanes of at least 4 members (excludes halogenated alkanes) is 6. The summed E-state index contributed by atoms with van der Waals surface area (Å²) in [6, 6.07) is 0. The number of hydrogen-bond acceptors (Lipinski definition) is 1. The van der Waals surface area contributed by atoms with E-state index in [4.69, 9.17) is 0 Å². The van der Waals surface area contributed by atoms with Crippen molar-refractivity contribution in [1.82, 2.24) is 4.90 Å². The SMILES string of the molecule is CCCCCCCCCC(=O)N1CCCCC1. The highest BCUT2D eigenvalue weighted by Gasteiger charge is 2.15. The van der Waals surface area contributed by atoms with Gasteiger partial charge >= 0.3 is 0 Å². The Morgan fingerprint density at radius 3 is 2.12 bits per heavy atom. The fourth-order valence-electron chi connectivity index (χ4n) is 2.53. The van der Waals surface area contributed by atoms with Gasteiger partial charge in [0.25, 0.3) is 0 Å². The van der Waals surface area contributed by atoms with Crippen LogP contribution in [0.25, 0.3) is 0 Å². The van der Waals surface area contributed by atoms with Crippen molar-refractivity contribution in [2.45, 2.75) is 77.6 Å². The lowest BCUT2D eigenvalue weighted by atomic mass is 10.1. The summed E-state index contributed by atoms with van der Waals surface area (Å²) in [7, 11) is 0. The van der Waals surface area contributed by atoms with E-state index in [0.29, 0.717) is 5.91 Å². The van der Waals surface area contributed by atoms with E-state index in [9.17, 15) is 4.79 Å². The van der Waals surface area contributed by atoms with Gasteiger partial charge in [-0.1, -0.05) is 45.4 Å². The smallest absolute Gasteiger partial charge is 0.222 e. The molecule has 17 heavy (non-hydrogen) atoms. The first-order valence-electron chi connectivity index (χ1n) is 7.62. The molecule has 0 atom stereocenters. The second-order valence-electron chi connectivity index (χ2n) is 5.31. The Bertz CT molecular complexity index is 197. The Hall–Kier alpha value is -0.530. The molecule has 0 saturated carbocycles. The molecular weight excluding hydrogens is 210 g/mol. The largest absolute Gasteiger partial charge is 0.343 e. The van der Waals surface area contributed by atoms with E-state index in [1.165, 1.54) is 57.8 Å². The third-order valence-electron chi connectivity index (χ3n) is 3.70. The summed E-state index contributed by atoms with van der Waals surface area (Å²) in [5, 5.41) is 0. The normalized spacial score (nSPS) is 16.2. The minimum absolute atomic E-state index is 0.401. The molecule has 1 fully saturated rings. The van der Waals surface area contributed by atoms with Crippen LogP contribution in [0, 0.1) is 0 Å². The summed E-state index contributed by atoms with van der Waals surface area (Å²) < 4.78 is 0. The Morgan fingerprint density at radius 1 is 0.882 bits per heavy atom. The molecule has 1 saturated heterocycles. The Kier molecular flexibility index (Phi) is 8.12. The van der Waals surface area contributed by atoms with Gasteiger partial charge in [0.15, 0.2) is 0 Å². The van der Waals surface area contributed by atoms with Crippen LogP contribution in [0.4, 0.5) is 0 Å². The first-order chi connectivity index (χ1) is 8.34. The van der Waals surface area contributed by atoms with Gasteiger partial charge in [0.2, 0.25) is 5.91 Å². The lowest BCUT2D eigenvalue weighted by Crippen LogP contribution is -2.35. The van der Waals surface area contributed by atoms with Gasteiger partial charge in [-0.3, -0.25) is 4.79 Å². The van der Waals surface area contributed by atoms with Crippen LogP contribution in [-0.4, -0.2) is 23.9 Å². The summed E-state index contributed by atoms with van der Waals surface area (Å²) in [6.07, 6.45) is 13.6. The fourth-order valence-corrected chi connectivity index (χ4v) is 2.53. The van der Waals surface area contributed by atoms with E-state index < -0.39 is 0 Å². The summed E-state index contributed by atoms with van der Waals surface area (Å²) in [4.78, 5) is 13.9. The van der Waals surface area contributed by atoms with Gasteiger partial charge < -0.3 is 4.90 Å². The maximum Gasteiger partial charge on any atom is 0.222 e. The van der Waals surface area contributed by atoms with Gasteiger partial charge in [0, 0.05) is 19.5 Å². The molecule has 1 aliphatic rings. The molecule has 2 heteroatoms. The first-order valence-corrected chi connectivity index (χ1v) is 7.62. The van der Waals surface area contributed by atoms with E-state index in [0.717, 1.165) is 25.9 Å². The van der Waals surface area contributed by atoms with Crippen molar-refractivity contribution in [1.29, 1.82) is 0 Å². The number of piperidine rings is 1. The molecule has 2 nitrogen and oxygen atoms in total. The summed E-state index contributed by atoms with van der Waals surface area (Å²) in [6.45, 7) is 4.27. The zero-order valence-corrected chi connectivity index (χ0v) is 11.5. The highest BCUT2D eigenvalue weighted by Crippen LogP contribution is 2.13. The maximum absolute atomic E-state index is 11.9. The van der Waals surface area contributed by atoms with Crippen molar-refractivity contribution >= 4 is 5.91 Å². The predicted molar refractivity (Wildman–Crippen MR) is 73.0 cm³/mol. The number of nitrogens with zero attached hydrogens (tertiary/aromatic N) is 1.